The molecule has 0 saturated carbocycles. The molecule has 0 rings (SSSR count). The summed E-state index contributed by atoms with van der Waals surface area (Å²) in [5.41, 5.74) is 0. The Hall–Kier alpha value is -0.910. The number of ether oxygens (including phenoxy) is 1. The maximum atomic E-state index is 10.9. The molecule has 0 fully saturated rings. The molecule has 0 aromatic rings. The first-order chi connectivity index (χ1) is 5.49. The molecule has 12 heavy (non-hydrogen) atoms. The summed E-state index contributed by atoms with van der Waals surface area (Å²) >= 11 is 0. The van der Waals surface area contributed by atoms with Crippen LogP contribution in [0.15, 0.2) is 4.36 Å². The van der Waals surface area contributed by atoms with E-state index >= 15 is 0 Å². The van der Waals surface area contributed by atoms with Gasteiger partial charge in [0.1, 0.15) is 0 Å². The van der Waals surface area contributed by atoms with Crippen molar-refractivity contribution in [2.45, 2.75) is 19.9 Å². The van der Waals surface area contributed by atoms with Gasteiger partial charge in [-0.15, -0.1) is 0 Å². The van der Waals surface area contributed by atoms with Crippen molar-refractivity contribution in [1.29, 1.82) is 0 Å². The van der Waals surface area contributed by atoms with E-state index in [0.29, 0.717) is 0 Å². The molecule has 0 heterocycles. The Morgan fingerprint density at radius 3 is 2.17 bits per heavy atom. The maximum Gasteiger partial charge on any atom is 0.332 e. The summed E-state index contributed by atoms with van der Waals surface area (Å²) < 4.78 is 27.9. The topological polar surface area (TPSA) is 72.8 Å². The zero-order chi connectivity index (χ0) is 9.72. The highest BCUT2D eigenvalue weighted by molar-refractivity contribution is 7.61. The van der Waals surface area contributed by atoms with E-state index in [1.807, 2.05) is 0 Å². The summed E-state index contributed by atoms with van der Waals surface area (Å²) in [6.07, 6.45) is 0. The third kappa shape index (κ3) is 3.47. The lowest BCUT2D eigenvalue weighted by molar-refractivity contribution is -0.143. The standard InChI is InChI=1S/C6H11NO4S/c1-4(2)5(6(8)11-3)7-12(9)10/h4-5H,1-3H3. The lowest BCUT2D eigenvalue weighted by atomic mass is 10.1. The predicted octanol–water partition coefficient (Wildman–Crippen LogP) is 0.247. The molecular weight excluding hydrogens is 182 g/mol. The van der Waals surface area contributed by atoms with Gasteiger partial charge in [0.25, 0.3) is 0 Å². The van der Waals surface area contributed by atoms with Crippen LogP contribution in [0.4, 0.5) is 0 Å². The average molecular weight is 193 g/mol. The van der Waals surface area contributed by atoms with Crippen molar-refractivity contribution >= 4 is 16.5 Å². The predicted molar refractivity (Wildman–Crippen MR) is 42.0 cm³/mol. The number of hydrogen-bond donors (Lipinski definition) is 0. The Labute approximate surface area is 72.4 Å². The van der Waals surface area contributed by atoms with E-state index in [-0.39, 0.29) is 5.92 Å². The minimum atomic E-state index is -2.56. The fraction of sp³-hybridized carbons (Fsp3) is 0.833. The Balaban J connectivity index is 4.68. The maximum absolute atomic E-state index is 10.9. The Morgan fingerprint density at radius 1 is 1.42 bits per heavy atom. The van der Waals surface area contributed by atoms with Gasteiger partial charge in [0.15, 0.2) is 6.04 Å². The van der Waals surface area contributed by atoms with E-state index < -0.39 is 22.5 Å². The summed E-state index contributed by atoms with van der Waals surface area (Å²) in [5, 5.41) is 0. The van der Waals surface area contributed by atoms with Crippen LogP contribution < -0.4 is 0 Å². The summed E-state index contributed by atoms with van der Waals surface area (Å²) in [4.78, 5) is 10.9. The van der Waals surface area contributed by atoms with E-state index in [2.05, 4.69) is 9.10 Å². The van der Waals surface area contributed by atoms with E-state index in [0.717, 1.165) is 0 Å². The lowest BCUT2D eigenvalue weighted by Crippen LogP contribution is -2.25. The number of methoxy groups -OCH3 is 1. The normalized spacial score (nSPS) is 12.3. The van der Waals surface area contributed by atoms with Crippen molar-refractivity contribution < 1.29 is 17.9 Å². The van der Waals surface area contributed by atoms with Crippen LogP contribution in [0.3, 0.4) is 0 Å². The molecule has 0 radical (unpaired) electrons. The largest absolute Gasteiger partial charge is 0.467 e. The molecule has 0 aromatic carbocycles. The first-order valence-electron chi connectivity index (χ1n) is 3.37. The lowest BCUT2D eigenvalue weighted by Gasteiger charge is -2.10. The summed E-state index contributed by atoms with van der Waals surface area (Å²) in [6.45, 7) is 3.38. The summed E-state index contributed by atoms with van der Waals surface area (Å²) in [7, 11) is -1.37. The highest BCUT2D eigenvalue weighted by Gasteiger charge is 2.22. The molecule has 0 spiro atoms. The van der Waals surface area contributed by atoms with Crippen LogP contribution in [0.25, 0.3) is 0 Å². The van der Waals surface area contributed by atoms with Gasteiger partial charge in [-0.25, -0.2) is 4.79 Å². The van der Waals surface area contributed by atoms with Crippen molar-refractivity contribution in [3.8, 4) is 0 Å². The van der Waals surface area contributed by atoms with Gasteiger partial charge in [-0.1, -0.05) is 13.8 Å². The molecule has 5 nitrogen and oxygen atoms in total. The second-order valence-corrected chi connectivity index (χ2v) is 3.18. The van der Waals surface area contributed by atoms with Crippen LogP contribution in [-0.2, 0) is 20.0 Å². The first kappa shape index (κ1) is 11.1. The number of esters is 1. The van der Waals surface area contributed by atoms with E-state index in [4.69, 9.17) is 0 Å². The fourth-order valence-corrected chi connectivity index (χ4v) is 1.17. The fourth-order valence-electron chi connectivity index (χ4n) is 0.650. The molecule has 1 unspecified atom stereocenters. The van der Waals surface area contributed by atoms with Crippen LogP contribution in [0.5, 0.6) is 0 Å². The number of carbonyl (C=O) groups excluding carboxylic acids is 1. The molecular formula is C6H11NO4S. The SMILES string of the molecule is COC(=O)C(N=S(=O)=O)C(C)C. The van der Waals surface area contributed by atoms with Gasteiger partial charge in [0, 0.05) is 0 Å². The van der Waals surface area contributed by atoms with E-state index in [9.17, 15) is 13.2 Å². The van der Waals surface area contributed by atoms with E-state index in [1.165, 1.54) is 7.11 Å². The molecule has 1 atom stereocenters. The molecule has 0 amide bonds. The smallest absolute Gasteiger partial charge is 0.332 e. The van der Waals surface area contributed by atoms with Gasteiger partial charge >= 0.3 is 16.5 Å². The number of carbonyl (C=O) groups is 1. The monoisotopic (exact) mass is 193 g/mol. The summed E-state index contributed by atoms with van der Waals surface area (Å²) in [5.74, 6) is -0.815. The summed E-state index contributed by atoms with van der Waals surface area (Å²) in [6, 6.07) is -0.923. The number of rotatable bonds is 3. The molecule has 0 saturated heterocycles. The van der Waals surface area contributed by atoms with Crippen molar-refractivity contribution in [2.75, 3.05) is 7.11 Å². The minimum Gasteiger partial charge on any atom is -0.467 e. The molecule has 0 aliphatic heterocycles. The average Bonchev–Trinajstić information content (AvgIpc) is 1.98. The van der Waals surface area contributed by atoms with Gasteiger partial charge in [0.2, 0.25) is 0 Å². The van der Waals surface area contributed by atoms with Gasteiger partial charge in [-0.2, -0.15) is 12.8 Å². The molecule has 0 N–H and O–H groups in total. The Kier molecular flexibility index (Phi) is 4.50. The highest BCUT2D eigenvalue weighted by atomic mass is 32.2. The Bertz CT molecular complexity index is 272. The van der Waals surface area contributed by atoms with Crippen LogP contribution in [0.2, 0.25) is 0 Å². The second kappa shape index (κ2) is 4.87. The van der Waals surface area contributed by atoms with Crippen molar-refractivity contribution in [3.63, 3.8) is 0 Å². The van der Waals surface area contributed by atoms with Gasteiger partial charge in [-0.3, -0.25) is 0 Å². The van der Waals surface area contributed by atoms with Gasteiger partial charge in [0.05, 0.1) is 7.11 Å². The third-order valence-electron chi connectivity index (χ3n) is 1.27. The molecule has 0 bridgehead atoms. The van der Waals surface area contributed by atoms with E-state index in [1.54, 1.807) is 13.8 Å². The molecule has 0 aromatic heterocycles. The molecule has 0 aliphatic carbocycles. The van der Waals surface area contributed by atoms with Crippen LogP contribution in [0, 0.1) is 5.92 Å². The number of nitrogens with zero attached hydrogens (tertiary/aromatic N) is 1. The molecule has 0 aliphatic rings. The number of hydrogen-bond acceptors (Lipinski definition) is 5. The molecule has 70 valence electrons. The molecule has 6 heteroatoms. The van der Waals surface area contributed by atoms with Gasteiger partial charge in [-0.05, 0) is 5.92 Å². The Morgan fingerprint density at radius 2 is 1.92 bits per heavy atom. The first-order valence-corrected chi connectivity index (χ1v) is 4.40. The third-order valence-corrected chi connectivity index (χ3v) is 1.67. The van der Waals surface area contributed by atoms with Crippen LogP contribution in [-0.4, -0.2) is 27.5 Å². The van der Waals surface area contributed by atoms with Crippen molar-refractivity contribution in [3.05, 3.63) is 0 Å². The van der Waals surface area contributed by atoms with Crippen LogP contribution in [0.1, 0.15) is 13.8 Å². The van der Waals surface area contributed by atoms with Crippen molar-refractivity contribution in [2.24, 2.45) is 10.3 Å². The highest BCUT2D eigenvalue weighted by Crippen LogP contribution is 2.07. The quantitative estimate of drug-likeness (QED) is 0.602. The minimum absolute atomic E-state index is 0.185. The second-order valence-electron chi connectivity index (χ2n) is 2.53. The van der Waals surface area contributed by atoms with Crippen LogP contribution >= 0.6 is 0 Å². The zero-order valence-corrected chi connectivity index (χ0v) is 7.96. The zero-order valence-electron chi connectivity index (χ0n) is 7.14. The van der Waals surface area contributed by atoms with Crippen molar-refractivity contribution in [1.82, 2.24) is 0 Å². The van der Waals surface area contributed by atoms with Gasteiger partial charge < -0.3 is 4.74 Å².